The normalized spacial score (nSPS) is 9.77. The lowest BCUT2D eigenvalue weighted by Gasteiger charge is -2.26. The lowest BCUT2D eigenvalue weighted by atomic mass is 10.2. The molecule has 0 radical (unpaired) electrons. The van der Waals surface area contributed by atoms with Crippen molar-refractivity contribution < 1.29 is 19.4 Å². The summed E-state index contributed by atoms with van der Waals surface area (Å²) in [6.45, 7) is 0.498. The summed E-state index contributed by atoms with van der Waals surface area (Å²) in [5.74, 6) is 0.287. The summed E-state index contributed by atoms with van der Waals surface area (Å²) < 4.78 is 9.28. The topological polar surface area (TPSA) is 64.6 Å². The molecule has 13 heavy (non-hydrogen) atoms. The van der Waals surface area contributed by atoms with E-state index in [9.17, 15) is 10.0 Å². The average molecular weight is 180 g/mol. The van der Waals surface area contributed by atoms with Crippen molar-refractivity contribution in [2.45, 2.75) is 6.61 Å². The monoisotopic (exact) mass is 180 g/mol. The minimum absolute atomic E-state index is 0.287. The summed E-state index contributed by atoms with van der Waals surface area (Å²) in [6.07, 6.45) is 0. The number of hydrogen-bond donors (Lipinski definition) is 0. The molecule has 0 saturated heterocycles. The number of ether oxygens (including phenoxy) is 1. The quantitative estimate of drug-likeness (QED) is 0.552. The molecule has 0 aliphatic carbocycles. The molecule has 0 N–H and O–H groups in total. The van der Waals surface area contributed by atoms with Gasteiger partial charge >= 0.3 is 0 Å². The largest absolute Gasteiger partial charge is 0.860 e. The van der Waals surface area contributed by atoms with E-state index in [1.807, 2.05) is 0 Å². The van der Waals surface area contributed by atoms with Crippen molar-refractivity contribution in [3.05, 3.63) is 29.8 Å². The number of hydrogen-bond acceptors (Lipinski definition) is 4. The minimum atomic E-state index is -2.27. The van der Waals surface area contributed by atoms with Crippen LogP contribution in [0.25, 0.3) is 0 Å². The van der Waals surface area contributed by atoms with Crippen LogP contribution in [0.1, 0.15) is 5.56 Å². The zero-order valence-electron chi connectivity index (χ0n) is 7.23. The predicted octanol–water partition coefficient (Wildman–Crippen LogP) is -1.08. The Morgan fingerprint density at radius 3 is 2.31 bits per heavy atom. The maximum atomic E-state index is 10.1. The van der Waals surface area contributed by atoms with Gasteiger partial charge in [0.25, 0.3) is 0 Å². The van der Waals surface area contributed by atoms with E-state index in [2.05, 4.69) is 4.65 Å². The van der Waals surface area contributed by atoms with E-state index in [-0.39, 0.29) is 5.75 Å². The zero-order valence-corrected chi connectivity index (χ0v) is 7.23. The predicted molar refractivity (Wildman–Crippen MR) is 43.5 cm³/mol. The Balaban J connectivity index is 2.59. The van der Waals surface area contributed by atoms with E-state index in [4.69, 9.17) is 4.74 Å². The van der Waals surface area contributed by atoms with Crippen molar-refractivity contribution in [3.63, 3.8) is 0 Å². The molecule has 1 rings (SSSR count). The molecule has 0 unspecified atom stereocenters. The van der Waals surface area contributed by atoms with Gasteiger partial charge in [-0.15, -0.1) is 0 Å². The molecule has 5 heteroatoms. The molecule has 0 bridgehead atoms. The Morgan fingerprint density at radius 2 is 1.85 bits per heavy atom. The smallest absolute Gasteiger partial charge is 0.133 e. The highest BCUT2D eigenvalue weighted by Gasteiger charge is 1.92. The summed E-state index contributed by atoms with van der Waals surface area (Å²) in [5.41, 5.74) is 0.961. The lowest BCUT2D eigenvalue weighted by molar-refractivity contribution is -0.372. The number of rotatable bonds is 4. The van der Waals surface area contributed by atoms with Gasteiger partial charge in [-0.1, -0.05) is 12.1 Å². The van der Waals surface area contributed by atoms with Crippen LogP contribution in [-0.4, -0.2) is 14.4 Å². The molecule has 1 aromatic carbocycles. The molecular formula is C8H9BO4-2. The standard InChI is InChI=1S/C8H9BO4/c1-12-6-7-2-4-8(5-3-7)13-9(10)11/h2-5H,6H2,1H3/q-2. The third-order valence-corrected chi connectivity index (χ3v) is 1.47. The summed E-state index contributed by atoms with van der Waals surface area (Å²) >= 11 is 0. The first-order chi connectivity index (χ1) is 6.22. The van der Waals surface area contributed by atoms with Gasteiger partial charge in [-0.3, -0.25) is 0 Å². The second-order valence-corrected chi connectivity index (χ2v) is 2.48. The van der Waals surface area contributed by atoms with Crippen LogP contribution in [0.2, 0.25) is 0 Å². The fraction of sp³-hybridized carbons (Fsp3) is 0.250. The average Bonchev–Trinajstić information content (AvgIpc) is 2.08. The third kappa shape index (κ3) is 3.46. The molecule has 0 saturated carbocycles. The lowest BCUT2D eigenvalue weighted by Crippen LogP contribution is -2.50. The second-order valence-electron chi connectivity index (χ2n) is 2.48. The molecule has 0 heterocycles. The van der Waals surface area contributed by atoms with Crippen LogP contribution < -0.4 is 14.7 Å². The van der Waals surface area contributed by atoms with Gasteiger partial charge < -0.3 is 19.4 Å². The first kappa shape index (κ1) is 10.0. The van der Waals surface area contributed by atoms with Crippen LogP contribution in [0.15, 0.2) is 24.3 Å². The molecule has 4 nitrogen and oxygen atoms in total. The van der Waals surface area contributed by atoms with Gasteiger partial charge in [0.1, 0.15) is 7.32 Å². The molecule has 70 valence electrons. The molecule has 0 aliphatic heterocycles. The van der Waals surface area contributed by atoms with Gasteiger partial charge in [0.2, 0.25) is 0 Å². The maximum Gasteiger partial charge on any atom is 0.133 e. The highest BCUT2D eigenvalue weighted by Crippen LogP contribution is 2.11. The van der Waals surface area contributed by atoms with Crippen molar-refractivity contribution in [2.24, 2.45) is 0 Å². The Bertz CT molecular complexity index is 247. The fourth-order valence-corrected chi connectivity index (χ4v) is 0.942. The summed E-state index contributed by atoms with van der Waals surface area (Å²) in [4.78, 5) is 0. The summed E-state index contributed by atoms with van der Waals surface area (Å²) in [5, 5.41) is 20.2. The first-order valence-corrected chi connectivity index (χ1v) is 3.78. The van der Waals surface area contributed by atoms with E-state index >= 15 is 0 Å². The van der Waals surface area contributed by atoms with Crippen molar-refractivity contribution in [1.29, 1.82) is 0 Å². The third-order valence-electron chi connectivity index (χ3n) is 1.47. The number of benzene rings is 1. The van der Waals surface area contributed by atoms with Crippen LogP contribution in [0.3, 0.4) is 0 Å². The molecule has 0 aromatic heterocycles. The van der Waals surface area contributed by atoms with Crippen molar-refractivity contribution in [2.75, 3.05) is 7.11 Å². The minimum Gasteiger partial charge on any atom is -0.860 e. The highest BCUT2D eigenvalue weighted by molar-refractivity contribution is 6.29. The Kier molecular flexibility index (Phi) is 3.76. The van der Waals surface area contributed by atoms with Crippen molar-refractivity contribution >= 4 is 7.32 Å². The SMILES string of the molecule is COCc1ccc(OB([O-])[O-])cc1. The maximum absolute atomic E-state index is 10.1. The summed E-state index contributed by atoms with van der Waals surface area (Å²) in [7, 11) is -0.677. The number of methoxy groups -OCH3 is 1. The molecule has 0 spiro atoms. The molecule has 0 fully saturated rings. The fourth-order valence-electron chi connectivity index (χ4n) is 0.942. The van der Waals surface area contributed by atoms with Gasteiger partial charge in [-0.25, -0.2) is 0 Å². The Morgan fingerprint density at radius 1 is 1.23 bits per heavy atom. The van der Waals surface area contributed by atoms with Gasteiger partial charge in [0.15, 0.2) is 0 Å². The van der Waals surface area contributed by atoms with Crippen molar-refractivity contribution in [3.8, 4) is 5.75 Å². The van der Waals surface area contributed by atoms with E-state index in [0.717, 1.165) is 5.56 Å². The summed E-state index contributed by atoms with van der Waals surface area (Å²) in [6, 6.07) is 6.61. The Labute approximate surface area is 76.9 Å². The molecule has 0 atom stereocenters. The van der Waals surface area contributed by atoms with Crippen LogP contribution in [-0.2, 0) is 11.3 Å². The van der Waals surface area contributed by atoms with Crippen LogP contribution in [0.4, 0.5) is 0 Å². The van der Waals surface area contributed by atoms with Gasteiger partial charge in [-0.05, 0) is 17.7 Å². The zero-order chi connectivity index (χ0) is 9.68. The molecule has 1 aromatic rings. The van der Waals surface area contributed by atoms with Crippen LogP contribution in [0, 0.1) is 0 Å². The Hall–Kier alpha value is -1.04. The van der Waals surface area contributed by atoms with E-state index in [0.29, 0.717) is 6.61 Å². The van der Waals surface area contributed by atoms with Crippen LogP contribution >= 0.6 is 0 Å². The van der Waals surface area contributed by atoms with Gasteiger partial charge in [0, 0.05) is 7.11 Å². The van der Waals surface area contributed by atoms with E-state index in [1.165, 1.54) is 0 Å². The first-order valence-electron chi connectivity index (χ1n) is 3.78. The van der Waals surface area contributed by atoms with E-state index < -0.39 is 7.32 Å². The molecular weight excluding hydrogens is 171 g/mol. The van der Waals surface area contributed by atoms with Gasteiger partial charge in [0.05, 0.1) is 12.4 Å². The van der Waals surface area contributed by atoms with Crippen LogP contribution in [0.5, 0.6) is 5.75 Å². The molecule has 0 aliphatic rings. The highest BCUT2D eigenvalue weighted by atomic mass is 16.6. The van der Waals surface area contributed by atoms with Gasteiger partial charge in [-0.2, -0.15) is 0 Å². The second kappa shape index (κ2) is 4.86. The molecule has 0 amide bonds. The van der Waals surface area contributed by atoms with Crippen molar-refractivity contribution in [1.82, 2.24) is 0 Å². The van der Waals surface area contributed by atoms with E-state index in [1.54, 1.807) is 31.4 Å².